The van der Waals surface area contributed by atoms with Gasteiger partial charge in [-0.15, -0.1) is 0 Å². The highest BCUT2D eigenvalue weighted by molar-refractivity contribution is 7.83. The quantitative estimate of drug-likeness (QED) is 0.279. The first-order chi connectivity index (χ1) is 2.27. The molecule has 2 heteroatoms. The first-order valence-electron chi connectivity index (χ1n) is 1.09. The molecular weight excluding hydrogens is 104 g/mol. The van der Waals surface area contributed by atoms with Gasteiger partial charge in [-0.1, -0.05) is 30.4 Å². The van der Waals surface area contributed by atoms with Crippen LogP contribution in [0.1, 0.15) is 0 Å². The van der Waals surface area contributed by atoms with Crippen molar-refractivity contribution >= 4 is 28.1 Å². The Morgan fingerprint density at radius 3 is 2.20 bits per heavy atom. The van der Waals surface area contributed by atoms with Crippen molar-refractivity contribution in [3.05, 3.63) is 12.7 Å². The third-order valence-electron chi connectivity index (χ3n) is 0.160. The van der Waals surface area contributed by atoms with Crippen LogP contribution in [0.2, 0.25) is 0 Å². The second kappa shape index (κ2) is 2.36. The number of rotatable bonds is 1. The molecule has 0 saturated carbocycles. The Morgan fingerprint density at radius 1 is 2.00 bits per heavy atom. The topological polar surface area (TPSA) is 0 Å². The highest BCUT2D eigenvalue weighted by Gasteiger charge is 1.67. The van der Waals surface area contributed by atoms with E-state index in [1.165, 1.54) is 6.08 Å². The number of allylic oxidation sites excluding steroid dienone is 1. The lowest BCUT2D eigenvalue weighted by atomic mass is 10.8. The zero-order chi connectivity index (χ0) is 4.28. The summed E-state index contributed by atoms with van der Waals surface area (Å²) in [5, 5.41) is 0. The molecule has 0 aliphatic rings. The second-order valence-corrected chi connectivity index (χ2v) is 1.58. The average Bonchev–Trinajstić information content (AvgIpc) is 1.38. The Labute approximate surface area is 41.4 Å². The van der Waals surface area contributed by atoms with E-state index in [-0.39, 0.29) is 0 Å². The molecule has 0 radical (unpaired) electrons. The maximum Gasteiger partial charge on any atom is 0.103 e. The summed E-state index contributed by atoms with van der Waals surface area (Å²) in [5.41, 5.74) is 0. The Morgan fingerprint density at radius 2 is 2.20 bits per heavy atom. The third-order valence-corrected chi connectivity index (χ3v) is 0.481. The fraction of sp³-hybridized carbons (Fsp3) is 0. The lowest BCUT2D eigenvalue weighted by molar-refractivity contribution is 2.53. The summed E-state index contributed by atoms with van der Waals surface area (Å²) in [4.78, 5) is 0. The minimum atomic E-state index is 0.324. The zero-order valence-corrected chi connectivity index (χ0v) is 4.14. The Bertz CT molecular complexity index is 57.9. The summed E-state index contributed by atoms with van der Waals surface area (Å²) in [6, 6.07) is 0. The maximum absolute atomic E-state index is 5.08. The van der Waals surface area contributed by atoms with Crippen LogP contribution in [0.3, 0.4) is 0 Å². The van der Waals surface area contributed by atoms with Crippen LogP contribution in [0.5, 0.6) is 0 Å². The number of halogens is 1. The zero-order valence-electron chi connectivity index (χ0n) is 2.57. The van der Waals surface area contributed by atoms with E-state index in [9.17, 15) is 0 Å². The fourth-order valence-electron chi connectivity index (χ4n) is 0. The summed E-state index contributed by atoms with van der Waals surface area (Å²) in [6.45, 7) is 3.29. The highest BCUT2D eigenvalue weighted by atomic mass is 35.5. The number of hydrogen-bond acceptors (Lipinski definition) is 1. The van der Waals surface area contributed by atoms with Crippen LogP contribution < -0.4 is 0 Å². The maximum atomic E-state index is 5.08. The van der Waals surface area contributed by atoms with Crippen molar-refractivity contribution in [3.8, 4) is 0 Å². The van der Waals surface area contributed by atoms with Gasteiger partial charge in [0.2, 0.25) is 0 Å². The van der Waals surface area contributed by atoms with Crippen molar-refractivity contribution in [2.24, 2.45) is 0 Å². The van der Waals surface area contributed by atoms with Crippen molar-refractivity contribution in [1.29, 1.82) is 0 Å². The average molecular weight is 107 g/mol. The lowest BCUT2D eigenvalue weighted by Crippen LogP contribution is -1.61. The van der Waals surface area contributed by atoms with Crippen molar-refractivity contribution in [2.45, 2.75) is 0 Å². The highest BCUT2D eigenvalue weighted by Crippen LogP contribution is 1.80. The monoisotopic (exact) mass is 106 g/mol. The van der Waals surface area contributed by atoms with Crippen molar-refractivity contribution in [3.63, 3.8) is 0 Å². The largest absolute Gasteiger partial charge is 0.103 e. The minimum absolute atomic E-state index is 0.324. The molecule has 0 aliphatic heterocycles. The van der Waals surface area contributed by atoms with Gasteiger partial charge in [-0.25, -0.2) is 0 Å². The molecule has 0 aliphatic carbocycles. The standard InChI is InChI=1S/C3H3ClS/c1-2-3(4)5/h2H,1H2. The van der Waals surface area contributed by atoms with Gasteiger partial charge >= 0.3 is 0 Å². The molecule has 0 N–H and O–H groups in total. The predicted octanol–water partition coefficient (Wildman–Crippen LogP) is 1.74. The molecule has 0 amide bonds. The molecular formula is C3H3ClS. The van der Waals surface area contributed by atoms with Gasteiger partial charge < -0.3 is 0 Å². The molecule has 0 saturated heterocycles. The Hall–Kier alpha value is 0.120. The Balaban J connectivity index is 3.20. The summed E-state index contributed by atoms with van der Waals surface area (Å²) >= 11 is 9.42. The first-order valence-corrected chi connectivity index (χ1v) is 1.88. The van der Waals surface area contributed by atoms with Crippen molar-refractivity contribution < 1.29 is 0 Å². The molecule has 0 fully saturated rings. The SMILES string of the molecule is C=CC(=S)Cl. The van der Waals surface area contributed by atoms with E-state index in [1.54, 1.807) is 0 Å². The first kappa shape index (κ1) is 5.12. The van der Waals surface area contributed by atoms with E-state index in [0.29, 0.717) is 4.32 Å². The van der Waals surface area contributed by atoms with E-state index in [1.807, 2.05) is 0 Å². The van der Waals surface area contributed by atoms with Gasteiger partial charge in [0.25, 0.3) is 0 Å². The van der Waals surface area contributed by atoms with Crippen LogP contribution >= 0.6 is 23.8 Å². The molecule has 0 atom stereocenters. The summed E-state index contributed by atoms with van der Waals surface area (Å²) < 4.78 is 0.324. The van der Waals surface area contributed by atoms with Crippen molar-refractivity contribution in [1.82, 2.24) is 0 Å². The minimum Gasteiger partial charge on any atom is -0.0967 e. The van der Waals surface area contributed by atoms with Crippen LogP contribution in [0.25, 0.3) is 0 Å². The van der Waals surface area contributed by atoms with Gasteiger partial charge in [0.15, 0.2) is 0 Å². The van der Waals surface area contributed by atoms with Crippen LogP contribution in [-0.4, -0.2) is 4.32 Å². The molecule has 0 aromatic heterocycles. The number of thiocarbonyl (C=S) groups is 1. The molecule has 0 rings (SSSR count). The van der Waals surface area contributed by atoms with Crippen LogP contribution in [0, 0.1) is 0 Å². The van der Waals surface area contributed by atoms with Crippen molar-refractivity contribution in [2.75, 3.05) is 0 Å². The van der Waals surface area contributed by atoms with Crippen LogP contribution in [-0.2, 0) is 0 Å². The molecule has 0 spiro atoms. The molecule has 0 aromatic carbocycles. The van der Waals surface area contributed by atoms with Gasteiger partial charge in [0.05, 0.1) is 0 Å². The fourth-order valence-corrected chi connectivity index (χ4v) is 0. The van der Waals surface area contributed by atoms with E-state index >= 15 is 0 Å². The predicted molar refractivity (Wildman–Crippen MR) is 28.6 cm³/mol. The molecule has 0 unspecified atom stereocenters. The summed E-state index contributed by atoms with van der Waals surface area (Å²) in [7, 11) is 0. The van der Waals surface area contributed by atoms with Gasteiger partial charge in [-0.2, -0.15) is 0 Å². The van der Waals surface area contributed by atoms with Gasteiger partial charge in [0, 0.05) is 0 Å². The molecule has 0 nitrogen and oxygen atoms in total. The summed E-state index contributed by atoms with van der Waals surface area (Å²) in [6.07, 6.45) is 1.41. The molecule has 0 heterocycles. The second-order valence-electron chi connectivity index (χ2n) is 0.508. The van der Waals surface area contributed by atoms with E-state index in [2.05, 4.69) is 18.8 Å². The van der Waals surface area contributed by atoms with Crippen LogP contribution in [0.4, 0.5) is 0 Å². The Kier molecular flexibility index (Phi) is 2.42. The smallest absolute Gasteiger partial charge is 0.0967 e. The van der Waals surface area contributed by atoms with Gasteiger partial charge in [-0.3, -0.25) is 0 Å². The normalized spacial score (nSPS) is 6.60. The molecule has 0 bridgehead atoms. The van der Waals surface area contributed by atoms with E-state index in [0.717, 1.165) is 0 Å². The number of hydrogen-bond donors (Lipinski definition) is 0. The third kappa shape index (κ3) is 4.12. The van der Waals surface area contributed by atoms with E-state index in [4.69, 9.17) is 11.6 Å². The summed E-state index contributed by atoms with van der Waals surface area (Å²) in [5.74, 6) is 0. The molecule has 0 aromatic rings. The van der Waals surface area contributed by atoms with E-state index < -0.39 is 0 Å². The van der Waals surface area contributed by atoms with Gasteiger partial charge in [0.1, 0.15) is 4.32 Å². The van der Waals surface area contributed by atoms with Gasteiger partial charge in [-0.05, 0) is 6.08 Å². The molecule has 5 heavy (non-hydrogen) atoms. The van der Waals surface area contributed by atoms with Crippen LogP contribution in [0.15, 0.2) is 12.7 Å². The molecule has 28 valence electrons. The lowest BCUT2D eigenvalue weighted by Gasteiger charge is -1.64.